The number of rotatable bonds is 4. The second kappa shape index (κ2) is 5.17. The Balaban J connectivity index is 1.72. The molecule has 0 aromatic carbocycles. The molecule has 4 nitrogen and oxygen atoms in total. The average molecular weight is 297 g/mol. The highest BCUT2D eigenvalue weighted by molar-refractivity contribution is 7.98. The van der Waals surface area contributed by atoms with Gasteiger partial charge in [-0.2, -0.15) is 11.8 Å². The molecule has 1 aliphatic carbocycles. The molecule has 1 aromatic heterocycles. The molecule has 1 saturated carbocycles. The van der Waals surface area contributed by atoms with Crippen molar-refractivity contribution in [1.82, 2.24) is 5.32 Å². The van der Waals surface area contributed by atoms with Crippen molar-refractivity contribution in [3.63, 3.8) is 0 Å². The summed E-state index contributed by atoms with van der Waals surface area (Å²) in [5, 5.41) is 11.8. The van der Waals surface area contributed by atoms with E-state index in [1.54, 1.807) is 0 Å². The van der Waals surface area contributed by atoms with Gasteiger partial charge in [-0.15, -0.1) is 11.3 Å². The molecule has 6 heteroatoms. The number of hydrogen-bond donors (Lipinski definition) is 2. The van der Waals surface area contributed by atoms with Gasteiger partial charge in [-0.3, -0.25) is 4.79 Å². The highest BCUT2D eigenvalue weighted by atomic mass is 32.2. The lowest BCUT2D eigenvalue weighted by Gasteiger charge is -2.12. The van der Waals surface area contributed by atoms with Gasteiger partial charge in [0.15, 0.2) is 0 Å². The number of thioether (sulfide) groups is 1. The lowest BCUT2D eigenvalue weighted by atomic mass is 10.2. The maximum atomic E-state index is 12.1. The Morgan fingerprint density at radius 2 is 2.21 bits per heavy atom. The molecule has 0 saturated heterocycles. The molecular weight excluding hydrogens is 282 g/mol. The van der Waals surface area contributed by atoms with E-state index in [1.165, 1.54) is 21.8 Å². The first-order chi connectivity index (χ1) is 9.15. The van der Waals surface area contributed by atoms with E-state index in [0.29, 0.717) is 4.88 Å². The number of amides is 1. The normalized spacial score (nSPS) is 19.6. The van der Waals surface area contributed by atoms with E-state index in [-0.39, 0.29) is 11.8 Å². The van der Waals surface area contributed by atoms with E-state index in [0.717, 1.165) is 30.8 Å². The van der Waals surface area contributed by atoms with Gasteiger partial charge >= 0.3 is 5.97 Å². The van der Waals surface area contributed by atoms with Gasteiger partial charge in [0.1, 0.15) is 6.04 Å². The number of fused-ring (bicyclic) bond motifs is 1. The van der Waals surface area contributed by atoms with Crippen molar-refractivity contribution >= 4 is 35.0 Å². The van der Waals surface area contributed by atoms with E-state index in [4.69, 9.17) is 5.11 Å². The maximum Gasteiger partial charge on any atom is 0.326 e. The van der Waals surface area contributed by atoms with Crippen LogP contribution in [0.25, 0.3) is 0 Å². The molecule has 1 amide bonds. The fraction of sp³-hybridized carbons (Fsp3) is 0.538. The fourth-order valence-electron chi connectivity index (χ4n) is 2.28. The first kappa shape index (κ1) is 13.0. The molecule has 0 spiro atoms. The number of aliphatic carboxylic acids is 1. The number of nitrogens with one attached hydrogen (secondary N) is 1. The van der Waals surface area contributed by atoms with Crippen LogP contribution in [0.15, 0.2) is 6.07 Å². The fourth-order valence-corrected chi connectivity index (χ4v) is 4.56. The first-order valence-electron chi connectivity index (χ1n) is 6.38. The zero-order valence-electron chi connectivity index (χ0n) is 10.3. The third-order valence-electron chi connectivity index (χ3n) is 3.50. The maximum absolute atomic E-state index is 12.1. The van der Waals surface area contributed by atoms with E-state index in [2.05, 4.69) is 5.32 Å². The van der Waals surface area contributed by atoms with Crippen LogP contribution in [0.3, 0.4) is 0 Å². The molecule has 3 rings (SSSR count). The predicted molar refractivity (Wildman–Crippen MR) is 75.8 cm³/mol. The van der Waals surface area contributed by atoms with Gasteiger partial charge in [0.05, 0.1) is 4.88 Å². The molecule has 2 N–H and O–H groups in total. The topological polar surface area (TPSA) is 66.4 Å². The van der Waals surface area contributed by atoms with Gasteiger partial charge < -0.3 is 10.4 Å². The van der Waals surface area contributed by atoms with E-state index < -0.39 is 12.0 Å². The summed E-state index contributed by atoms with van der Waals surface area (Å²) in [4.78, 5) is 25.2. The molecule has 2 aliphatic rings. The number of carboxylic acids is 1. The van der Waals surface area contributed by atoms with Crippen molar-refractivity contribution in [2.75, 3.05) is 5.75 Å². The summed E-state index contributed by atoms with van der Waals surface area (Å²) in [5.41, 5.74) is 1.24. The Bertz CT molecular complexity index is 498. The molecule has 1 aromatic rings. The average Bonchev–Trinajstić information content (AvgIpc) is 3.12. The van der Waals surface area contributed by atoms with Crippen LogP contribution in [0.4, 0.5) is 0 Å². The number of carbonyl (C=O) groups excluding carboxylic acids is 1. The molecule has 0 radical (unpaired) electrons. The summed E-state index contributed by atoms with van der Waals surface area (Å²) < 4.78 is 0. The molecule has 2 heterocycles. The lowest BCUT2D eigenvalue weighted by Crippen LogP contribution is -2.42. The Morgan fingerprint density at radius 1 is 1.42 bits per heavy atom. The van der Waals surface area contributed by atoms with Crippen LogP contribution in [-0.4, -0.2) is 28.8 Å². The van der Waals surface area contributed by atoms with Crippen molar-refractivity contribution in [1.29, 1.82) is 0 Å². The van der Waals surface area contributed by atoms with Crippen LogP contribution in [0, 0.1) is 5.92 Å². The molecule has 1 aliphatic heterocycles. The summed E-state index contributed by atoms with van der Waals surface area (Å²) in [7, 11) is 0. The summed E-state index contributed by atoms with van der Waals surface area (Å²) in [6.07, 6.45) is 2.81. The standard InChI is InChI=1S/C13H15NO3S2/c15-12(14-11(13(16)17)7-1-2-7)10-5-8-6-18-4-3-9(8)19-10/h5,7,11H,1-4,6H2,(H,14,15)(H,16,17). The Hall–Kier alpha value is -1.01. The number of carbonyl (C=O) groups is 2. The van der Waals surface area contributed by atoms with E-state index in [9.17, 15) is 9.59 Å². The molecule has 1 unspecified atom stereocenters. The highest BCUT2D eigenvalue weighted by Crippen LogP contribution is 2.34. The van der Waals surface area contributed by atoms with Crippen LogP contribution >= 0.6 is 23.1 Å². The van der Waals surface area contributed by atoms with Crippen LogP contribution in [0.2, 0.25) is 0 Å². The molecule has 19 heavy (non-hydrogen) atoms. The minimum absolute atomic E-state index is 0.117. The molecule has 102 valence electrons. The van der Waals surface area contributed by atoms with E-state index in [1.807, 2.05) is 17.8 Å². The molecule has 0 bridgehead atoms. The van der Waals surface area contributed by atoms with Crippen molar-refractivity contribution < 1.29 is 14.7 Å². The van der Waals surface area contributed by atoms with Gasteiger partial charge in [0.25, 0.3) is 5.91 Å². The summed E-state index contributed by atoms with van der Waals surface area (Å²) >= 11 is 3.39. The van der Waals surface area contributed by atoms with Gasteiger partial charge in [0, 0.05) is 10.6 Å². The third-order valence-corrected chi connectivity index (χ3v) is 5.74. The largest absolute Gasteiger partial charge is 0.480 e. The van der Waals surface area contributed by atoms with Gasteiger partial charge in [-0.1, -0.05) is 0 Å². The van der Waals surface area contributed by atoms with Crippen LogP contribution in [-0.2, 0) is 17.0 Å². The third kappa shape index (κ3) is 2.79. The Morgan fingerprint density at radius 3 is 2.84 bits per heavy atom. The monoisotopic (exact) mass is 297 g/mol. The SMILES string of the molecule is O=C(NC(C(=O)O)C1CC1)c1cc2c(s1)CCSC2. The van der Waals surface area contributed by atoms with E-state index >= 15 is 0 Å². The number of aryl methyl sites for hydroxylation is 1. The van der Waals surface area contributed by atoms with Gasteiger partial charge in [-0.25, -0.2) is 4.79 Å². The van der Waals surface area contributed by atoms with Crippen molar-refractivity contribution in [2.24, 2.45) is 5.92 Å². The van der Waals surface area contributed by atoms with Crippen molar-refractivity contribution in [2.45, 2.75) is 31.1 Å². The van der Waals surface area contributed by atoms with Crippen LogP contribution < -0.4 is 5.32 Å². The van der Waals surface area contributed by atoms with Crippen molar-refractivity contribution in [3.05, 3.63) is 21.4 Å². The zero-order chi connectivity index (χ0) is 13.4. The number of hydrogen-bond acceptors (Lipinski definition) is 4. The Labute approximate surface area is 119 Å². The summed E-state index contributed by atoms with van der Waals surface area (Å²) in [6.45, 7) is 0. The molecule has 1 atom stereocenters. The second-order valence-electron chi connectivity index (χ2n) is 4.99. The smallest absolute Gasteiger partial charge is 0.326 e. The quantitative estimate of drug-likeness (QED) is 0.893. The minimum Gasteiger partial charge on any atom is -0.480 e. The van der Waals surface area contributed by atoms with Crippen LogP contribution in [0.5, 0.6) is 0 Å². The summed E-state index contributed by atoms with van der Waals surface area (Å²) in [6, 6.07) is 1.20. The highest BCUT2D eigenvalue weighted by Gasteiger charge is 2.37. The minimum atomic E-state index is -0.923. The zero-order valence-corrected chi connectivity index (χ0v) is 12.0. The van der Waals surface area contributed by atoms with Crippen molar-refractivity contribution in [3.8, 4) is 0 Å². The first-order valence-corrected chi connectivity index (χ1v) is 8.35. The summed E-state index contributed by atoms with van der Waals surface area (Å²) in [5.74, 6) is 1.03. The number of thiophene rings is 1. The predicted octanol–water partition coefficient (Wildman–Crippen LogP) is 2.13. The molecular formula is C13H15NO3S2. The molecule has 1 fully saturated rings. The number of carboxylic acid groups (broad SMARTS) is 1. The lowest BCUT2D eigenvalue weighted by molar-refractivity contribution is -0.139. The van der Waals surface area contributed by atoms with Gasteiger partial charge in [-0.05, 0) is 42.6 Å². The second-order valence-corrected chi connectivity index (χ2v) is 7.23. The van der Waals surface area contributed by atoms with Gasteiger partial charge in [0.2, 0.25) is 0 Å². The Kier molecular flexibility index (Phi) is 3.54. The van der Waals surface area contributed by atoms with Crippen LogP contribution in [0.1, 0.15) is 33.0 Å².